The van der Waals surface area contributed by atoms with E-state index < -0.39 is 29.7 Å². The zero-order valence-electron chi connectivity index (χ0n) is 9.63. The van der Waals surface area contributed by atoms with E-state index in [1.165, 1.54) is 4.90 Å². The molecule has 0 spiro atoms. The van der Waals surface area contributed by atoms with Crippen LogP contribution in [-0.4, -0.2) is 46.9 Å². The minimum atomic E-state index is -0.979. The second-order valence-electron chi connectivity index (χ2n) is 4.44. The molecule has 1 unspecified atom stereocenters. The first-order chi connectivity index (χ1) is 7.82. The Bertz CT molecular complexity index is 344. The number of carboxylic acids is 1. The van der Waals surface area contributed by atoms with Gasteiger partial charge < -0.3 is 21.5 Å². The summed E-state index contributed by atoms with van der Waals surface area (Å²) in [5.41, 5.74) is 10.5. The fraction of sp³-hybridized carbons (Fsp3) is 0.700. The number of hydrogen-bond donors (Lipinski definition) is 3. The van der Waals surface area contributed by atoms with Gasteiger partial charge in [-0.2, -0.15) is 0 Å². The SMILES string of the molecule is C[C@@H]1CN(C(=O)C(N)CC(N)=O)C[C@H]1C(=O)O. The van der Waals surface area contributed by atoms with Gasteiger partial charge in [0.2, 0.25) is 11.8 Å². The normalized spacial score (nSPS) is 25.6. The summed E-state index contributed by atoms with van der Waals surface area (Å²) >= 11 is 0. The number of carbonyl (C=O) groups is 3. The van der Waals surface area contributed by atoms with E-state index in [4.69, 9.17) is 16.6 Å². The molecule has 2 amide bonds. The largest absolute Gasteiger partial charge is 0.481 e. The molecule has 1 fully saturated rings. The van der Waals surface area contributed by atoms with Crippen molar-refractivity contribution in [3.05, 3.63) is 0 Å². The summed E-state index contributed by atoms with van der Waals surface area (Å²) in [5, 5.41) is 8.92. The van der Waals surface area contributed by atoms with Gasteiger partial charge in [0.15, 0.2) is 0 Å². The van der Waals surface area contributed by atoms with Gasteiger partial charge in [-0.05, 0) is 5.92 Å². The molecular weight excluding hydrogens is 226 g/mol. The zero-order valence-corrected chi connectivity index (χ0v) is 9.63. The van der Waals surface area contributed by atoms with Crippen LogP contribution in [0.5, 0.6) is 0 Å². The summed E-state index contributed by atoms with van der Waals surface area (Å²) in [4.78, 5) is 34.7. The third-order valence-corrected chi connectivity index (χ3v) is 2.98. The molecule has 0 aliphatic carbocycles. The van der Waals surface area contributed by atoms with Crippen LogP contribution >= 0.6 is 0 Å². The first kappa shape index (κ1) is 13.4. The molecule has 96 valence electrons. The van der Waals surface area contributed by atoms with Gasteiger partial charge in [-0.15, -0.1) is 0 Å². The van der Waals surface area contributed by atoms with Crippen molar-refractivity contribution in [3.63, 3.8) is 0 Å². The number of likely N-dealkylation sites (tertiary alicyclic amines) is 1. The van der Waals surface area contributed by atoms with E-state index in [-0.39, 0.29) is 18.9 Å². The average Bonchev–Trinajstić information content (AvgIpc) is 2.58. The van der Waals surface area contributed by atoms with Gasteiger partial charge in [-0.3, -0.25) is 14.4 Å². The predicted octanol–water partition coefficient (Wildman–Crippen LogP) is -1.63. The van der Waals surface area contributed by atoms with E-state index in [0.29, 0.717) is 6.54 Å². The molecule has 1 aliphatic heterocycles. The smallest absolute Gasteiger partial charge is 0.308 e. The van der Waals surface area contributed by atoms with Crippen LogP contribution in [0.15, 0.2) is 0 Å². The van der Waals surface area contributed by atoms with Gasteiger partial charge in [0, 0.05) is 13.1 Å². The lowest BCUT2D eigenvalue weighted by atomic mass is 9.99. The molecule has 0 aromatic heterocycles. The zero-order chi connectivity index (χ0) is 13.2. The Labute approximate surface area is 98.7 Å². The van der Waals surface area contributed by atoms with Crippen LogP contribution in [0, 0.1) is 11.8 Å². The molecule has 0 radical (unpaired) electrons. The molecular formula is C10H17N3O4. The van der Waals surface area contributed by atoms with Crippen molar-refractivity contribution < 1.29 is 19.5 Å². The van der Waals surface area contributed by atoms with E-state index in [0.717, 1.165) is 0 Å². The molecule has 1 saturated heterocycles. The second-order valence-corrected chi connectivity index (χ2v) is 4.44. The van der Waals surface area contributed by atoms with Crippen molar-refractivity contribution in [1.29, 1.82) is 0 Å². The minimum absolute atomic E-state index is 0.114. The molecule has 0 saturated carbocycles. The number of aliphatic carboxylic acids is 1. The van der Waals surface area contributed by atoms with Crippen LogP contribution in [0.25, 0.3) is 0 Å². The summed E-state index contributed by atoms with van der Waals surface area (Å²) in [5.74, 6) is -2.67. The number of primary amides is 1. The van der Waals surface area contributed by atoms with Crippen molar-refractivity contribution in [2.24, 2.45) is 23.3 Å². The molecule has 3 atom stereocenters. The number of hydrogen-bond acceptors (Lipinski definition) is 4. The standard InChI is InChI=1S/C10H17N3O4/c1-5-3-13(4-6(5)10(16)17)9(15)7(11)2-8(12)14/h5-7H,2-4,11H2,1H3,(H2,12,14)(H,16,17)/t5-,6-,7?/m1/s1. The Kier molecular flexibility index (Phi) is 4.06. The maximum absolute atomic E-state index is 11.8. The van der Waals surface area contributed by atoms with E-state index in [1.54, 1.807) is 6.92 Å². The quantitative estimate of drug-likeness (QED) is 0.546. The Hall–Kier alpha value is -1.63. The van der Waals surface area contributed by atoms with Crippen molar-refractivity contribution in [2.45, 2.75) is 19.4 Å². The average molecular weight is 243 g/mol. The molecule has 17 heavy (non-hydrogen) atoms. The summed E-state index contributed by atoms with van der Waals surface area (Å²) in [6, 6.07) is -0.979. The van der Waals surface area contributed by atoms with E-state index in [1.807, 2.05) is 0 Å². The van der Waals surface area contributed by atoms with Crippen LogP contribution in [0.4, 0.5) is 0 Å². The highest BCUT2D eigenvalue weighted by molar-refractivity contribution is 5.88. The fourth-order valence-corrected chi connectivity index (χ4v) is 2.01. The van der Waals surface area contributed by atoms with Crippen LogP contribution in [0.3, 0.4) is 0 Å². The first-order valence-corrected chi connectivity index (χ1v) is 5.38. The van der Waals surface area contributed by atoms with Crippen molar-refractivity contribution in [3.8, 4) is 0 Å². The lowest BCUT2D eigenvalue weighted by Crippen LogP contribution is -2.45. The molecule has 0 aromatic rings. The molecule has 5 N–H and O–H groups in total. The molecule has 1 aliphatic rings. The van der Waals surface area contributed by atoms with Gasteiger partial charge in [0.05, 0.1) is 18.4 Å². The molecule has 7 heteroatoms. The highest BCUT2D eigenvalue weighted by atomic mass is 16.4. The van der Waals surface area contributed by atoms with E-state index in [2.05, 4.69) is 0 Å². The summed E-state index contributed by atoms with van der Waals surface area (Å²) in [6.07, 6.45) is -0.221. The van der Waals surface area contributed by atoms with Crippen LogP contribution in [0.2, 0.25) is 0 Å². The summed E-state index contributed by atoms with van der Waals surface area (Å²) < 4.78 is 0. The lowest BCUT2D eigenvalue weighted by Gasteiger charge is -2.19. The predicted molar refractivity (Wildman–Crippen MR) is 58.7 cm³/mol. The minimum Gasteiger partial charge on any atom is -0.481 e. The molecule has 0 aromatic carbocycles. The number of carbonyl (C=O) groups excluding carboxylic acids is 2. The number of carboxylic acid groups (broad SMARTS) is 1. The fourth-order valence-electron chi connectivity index (χ4n) is 2.01. The van der Waals surface area contributed by atoms with Crippen LogP contribution < -0.4 is 11.5 Å². The summed E-state index contributed by atoms with van der Waals surface area (Å²) in [7, 11) is 0. The maximum atomic E-state index is 11.8. The molecule has 1 heterocycles. The molecule has 0 bridgehead atoms. The Morgan fingerprint density at radius 1 is 1.41 bits per heavy atom. The van der Waals surface area contributed by atoms with Crippen molar-refractivity contribution in [2.75, 3.05) is 13.1 Å². The topological polar surface area (TPSA) is 127 Å². The highest BCUT2D eigenvalue weighted by Crippen LogP contribution is 2.23. The highest BCUT2D eigenvalue weighted by Gasteiger charge is 2.38. The first-order valence-electron chi connectivity index (χ1n) is 5.38. The molecule has 7 nitrogen and oxygen atoms in total. The summed E-state index contributed by atoms with van der Waals surface area (Å²) in [6.45, 7) is 2.26. The Morgan fingerprint density at radius 3 is 2.41 bits per heavy atom. The van der Waals surface area contributed by atoms with Crippen molar-refractivity contribution >= 4 is 17.8 Å². The monoisotopic (exact) mass is 243 g/mol. The Morgan fingerprint density at radius 2 is 2.00 bits per heavy atom. The van der Waals surface area contributed by atoms with Gasteiger partial charge in [-0.25, -0.2) is 0 Å². The van der Waals surface area contributed by atoms with Crippen LogP contribution in [-0.2, 0) is 14.4 Å². The maximum Gasteiger partial charge on any atom is 0.308 e. The van der Waals surface area contributed by atoms with Gasteiger partial charge in [0.1, 0.15) is 0 Å². The molecule has 1 rings (SSSR count). The number of rotatable bonds is 4. The van der Waals surface area contributed by atoms with Gasteiger partial charge in [-0.1, -0.05) is 6.92 Å². The van der Waals surface area contributed by atoms with Gasteiger partial charge in [0.25, 0.3) is 0 Å². The third-order valence-electron chi connectivity index (χ3n) is 2.98. The number of nitrogens with two attached hydrogens (primary N) is 2. The third kappa shape index (κ3) is 3.16. The van der Waals surface area contributed by atoms with E-state index in [9.17, 15) is 14.4 Å². The number of amides is 2. The van der Waals surface area contributed by atoms with Crippen molar-refractivity contribution in [1.82, 2.24) is 4.90 Å². The Balaban J connectivity index is 2.61. The number of nitrogens with zero attached hydrogens (tertiary/aromatic N) is 1. The lowest BCUT2D eigenvalue weighted by molar-refractivity contribution is -0.142. The second kappa shape index (κ2) is 5.13. The van der Waals surface area contributed by atoms with Crippen LogP contribution in [0.1, 0.15) is 13.3 Å². The van der Waals surface area contributed by atoms with Gasteiger partial charge >= 0.3 is 5.97 Å². The van der Waals surface area contributed by atoms with E-state index >= 15 is 0 Å².